The Balaban J connectivity index is 1.89. The largest absolute Gasteiger partial charge is 0.377 e. The quantitative estimate of drug-likeness (QED) is 0.911. The number of ether oxygens (including phenoxy) is 1. The second-order valence-corrected chi connectivity index (χ2v) is 7.80. The highest BCUT2D eigenvalue weighted by Gasteiger charge is 2.35. The molecule has 2 atom stereocenters. The van der Waals surface area contributed by atoms with Crippen molar-refractivity contribution in [1.29, 1.82) is 0 Å². The predicted octanol–water partition coefficient (Wildman–Crippen LogP) is 2.73. The van der Waals surface area contributed by atoms with Crippen LogP contribution in [0.1, 0.15) is 50.2 Å². The van der Waals surface area contributed by atoms with Crippen molar-refractivity contribution in [1.82, 2.24) is 4.98 Å². The van der Waals surface area contributed by atoms with Crippen LogP contribution in [0.5, 0.6) is 0 Å². The molecule has 1 aromatic rings. The summed E-state index contributed by atoms with van der Waals surface area (Å²) >= 11 is 1.80. The van der Waals surface area contributed by atoms with Crippen molar-refractivity contribution in [2.24, 2.45) is 11.1 Å². The first-order valence-corrected chi connectivity index (χ1v) is 8.41. The fourth-order valence-corrected chi connectivity index (χ4v) is 4.53. The fraction of sp³-hybridized carbons (Fsp3) is 0.800. The van der Waals surface area contributed by atoms with E-state index in [1.165, 1.54) is 10.6 Å². The van der Waals surface area contributed by atoms with Crippen LogP contribution in [0.25, 0.3) is 0 Å². The van der Waals surface area contributed by atoms with Gasteiger partial charge in [-0.1, -0.05) is 32.1 Å². The van der Waals surface area contributed by atoms with Gasteiger partial charge < -0.3 is 15.4 Å². The van der Waals surface area contributed by atoms with Gasteiger partial charge in [0.15, 0.2) is 5.13 Å². The molecule has 112 valence electrons. The Morgan fingerprint density at radius 2 is 2.30 bits per heavy atom. The molecule has 1 aliphatic heterocycles. The van der Waals surface area contributed by atoms with E-state index in [0.717, 1.165) is 44.2 Å². The minimum absolute atomic E-state index is 0.154. The molecule has 4 nitrogen and oxygen atoms in total. The summed E-state index contributed by atoms with van der Waals surface area (Å²) in [5.41, 5.74) is 7.86. The average molecular weight is 295 g/mol. The molecule has 3 rings (SSSR count). The first-order chi connectivity index (χ1) is 9.50. The number of aromatic nitrogens is 1. The Kier molecular flexibility index (Phi) is 3.77. The van der Waals surface area contributed by atoms with Crippen molar-refractivity contribution < 1.29 is 4.74 Å². The molecule has 2 heterocycles. The van der Waals surface area contributed by atoms with Gasteiger partial charge in [0.1, 0.15) is 0 Å². The van der Waals surface area contributed by atoms with Gasteiger partial charge in [-0.15, -0.1) is 0 Å². The van der Waals surface area contributed by atoms with E-state index in [-0.39, 0.29) is 11.5 Å². The van der Waals surface area contributed by atoms with E-state index in [1.54, 1.807) is 11.3 Å². The van der Waals surface area contributed by atoms with E-state index in [1.807, 2.05) is 0 Å². The first-order valence-electron chi connectivity index (χ1n) is 7.60. The number of hydrogen-bond donors (Lipinski definition) is 1. The summed E-state index contributed by atoms with van der Waals surface area (Å²) in [7, 11) is 0. The molecule has 20 heavy (non-hydrogen) atoms. The summed E-state index contributed by atoms with van der Waals surface area (Å²) in [6.07, 6.45) is 3.21. The molecule has 2 unspecified atom stereocenters. The molecule has 1 saturated heterocycles. The van der Waals surface area contributed by atoms with Crippen LogP contribution in [0.2, 0.25) is 0 Å². The van der Waals surface area contributed by atoms with Gasteiger partial charge in [-0.05, 0) is 24.7 Å². The maximum Gasteiger partial charge on any atom is 0.186 e. The van der Waals surface area contributed by atoms with E-state index < -0.39 is 0 Å². The van der Waals surface area contributed by atoms with Gasteiger partial charge >= 0.3 is 0 Å². The van der Waals surface area contributed by atoms with E-state index in [0.29, 0.717) is 6.04 Å². The van der Waals surface area contributed by atoms with Crippen LogP contribution >= 0.6 is 11.3 Å². The summed E-state index contributed by atoms with van der Waals surface area (Å²) in [6, 6.07) is 0.613. The Morgan fingerprint density at radius 1 is 1.50 bits per heavy atom. The van der Waals surface area contributed by atoms with Crippen molar-refractivity contribution in [3.8, 4) is 0 Å². The molecule has 0 amide bonds. The van der Waals surface area contributed by atoms with Gasteiger partial charge in [0.05, 0.1) is 24.9 Å². The number of nitrogens with two attached hydrogens (primary N) is 1. The van der Waals surface area contributed by atoms with Crippen LogP contribution in [0.15, 0.2) is 0 Å². The fourth-order valence-electron chi connectivity index (χ4n) is 3.35. The minimum atomic E-state index is 0.154. The van der Waals surface area contributed by atoms with Gasteiger partial charge in [-0.2, -0.15) is 0 Å². The maximum absolute atomic E-state index is 6.36. The Hall–Kier alpha value is -0.650. The third-order valence-corrected chi connectivity index (χ3v) is 5.68. The molecular formula is C15H25N3OS. The molecule has 0 aromatic carbocycles. The molecule has 5 heteroatoms. The minimum Gasteiger partial charge on any atom is -0.377 e. The van der Waals surface area contributed by atoms with Crippen molar-refractivity contribution in [3.63, 3.8) is 0 Å². The van der Waals surface area contributed by atoms with Gasteiger partial charge in [0.25, 0.3) is 0 Å². The normalized spacial score (nSPS) is 29.3. The highest BCUT2D eigenvalue weighted by molar-refractivity contribution is 7.15. The number of morpholine rings is 1. The van der Waals surface area contributed by atoms with Crippen LogP contribution in [0, 0.1) is 5.41 Å². The van der Waals surface area contributed by atoms with Crippen molar-refractivity contribution >= 4 is 16.5 Å². The highest BCUT2D eigenvalue weighted by Crippen LogP contribution is 2.44. The summed E-state index contributed by atoms with van der Waals surface area (Å²) in [5, 5.41) is 1.15. The Labute approximate surface area is 125 Å². The molecule has 0 spiro atoms. The second-order valence-electron chi connectivity index (χ2n) is 6.79. The van der Waals surface area contributed by atoms with E-state index in [2.05, 4.69) is 25.7 Å². The SMILES string of the molecule is CCC1COCCN1c1nc2c(s1)C(N)CC(C)(C)C2. The summed E-state index contributed by atoms with van der Waals surface area (Å²) in [6.45, 7) is 9.37. The van der Waals surface area contributed by atoms with Crippen molar-refractivity contribution in [2.75, 3.05) is 24.7 Å². The Morgan fingerprint density at radius 3 is 3.05 bits per heavy atom. The first kappa shape index (κ1) is 14.3. The van der Waals surface area contributed by atoms with Crippen LogP contribution in [0.4, 0.5) is 5.13 Å². The molecule has 0 radical (unpaired) electrons. The standard InChI is InChI=1S/C15H25N3OS/c1-4-10-9-19-6-5-18(10)14-17-12-8-15(2,3)7-11(16)13(12)20-14/h10-11H,4-9,16H2,1-3H3. The van der Waals surface area contributed by atoms with E-state index in [4.69, 9.17) is 15.5 Å². The van der Waals surface area contributed by atoms with Crippen LogP contribution in [0.3, 0.4) is 0 Å². The zero-order valence-electron chi connectivity index (χ0n) is 12.7. The lowest BCUT2D eigenvalue weighted by Crippen LogP contribution is -2.45. The predicted molar refractivity (Wildman–Crippen MR) is 83.4 cm³/mol. The number of fused-ring (bicyclic) bond motifs is 1. The Bertz CT molecular complexity index is 485. The van der Waals surface area contributed by atoms with Gasteiger partial charge in [0, 0.05) is 17.5 Å². The van der Waals surface area contributed by atoms with Gasteiger partial charge in [0.2, 0.25) is 0 Å². The van der Waals surface area contributed by atoms with Crippen LogP contribution in [-0.2, 0) is 11.2 Å². The van der Waals surface area contributed by atoms with Crippen molar-refractivity contribution in [2.45, 2.75) is 52.1 Å². The van der Waals surface area contributed by atoms with E-state index >= 15 is 0 Å². The van der Waals surface area contributed by atoms with E-state index in [9.17, 15) is 0 Å². The molecule has 1 fully saturated rings. The zero-order chi connectivity index (χ0) is 14.3. The zero-order valence-corrected chi connectivity index (χ0v) is 13.5. The summed E-state index contributed by atoms with van der Waals surface area (Å²) in [4.78, 5) is 8.66. The van der Waals surface area contributed by atoms with Gasteiger partial charge in [-0.3, -0.25) is 0 Å². The van der Waals surface area contributed by atoms with Crippen LogP contribution in [-0.4, -0.2) is 30.8 Å². The number of hydrogen-bond acceptors (Lipinski definition) is 5. The van der Waals surface area contributed by atoms with Crippen molar-refractivity contribution in [3.05, 3.63) is 10.6 Å². The smallest absolute Gasteiger partial charge is 0.186 e. The van der Waals surface area contributed by atoms with Crippen LogP contribution < -0.4 is 10.6 Å². The summed E-state index contributed by atoms with van der Waals surface area (Å²) in [5.74, 6) is 0. The molecule has 0 saturated carbocycles. The highest BCUT2D eigenvalue weighted by atomic mass is 32.1. The lowest BCUT2D eigenvalue weighted by atomic mass is 9.77. The third-order valence-electron chi connectivity index (χ3n) is 4.42. The average Bonchev–Trinajstić information content (AvgIpc) is 2.81. The van der Waals surface area contributed by atoms with Gasteiger partial charge in [-0.25, -0.2) is 4.98 Å². The monoisotopic (exact) mass is 295 g/mol. The molecule has 1 aromatic heterocycles. The number of nitrogens with zero attached hydrogens (tertiary/aromatic N) is 2. The lowest BCUT2D eigenvalue weighted by molar-refractivity contribution is 0.0929. The lowest BCUT2D eigenvalue weighted by Gasteiger charge is -2.34. The number of anilines is 1. The number of rotatable bonds is 2. The topological polar surface area (TPSA) is 51.4 Å². The summed E-state index contributed by atoms with van der Waals surface area (Å²) < 4.78 is 5.59. The number of thiazole rings is 1. The third kappa shape index (κ3) is 2.59. The molecular weight excluding hydrogens is 270 g/mol. The molecule has 1 aliphatic carbocycles. The maximum atomic E-state index is 6.36. The molecule has 0 bridgehead atoms. The molecule has 2 aliphatic rings. The molecule has 2 N–H and O–H groups in total. The second kappa shape index (κ2) is 5.28.